The Morgan fingerprint density at radius 1 is 0.921 bits per heavy atom. The van der Waals surface area contributed by atoms with Gasteiger partial charge in [-0.1, -0.05) is 66.9 Å². The fourth-order valence-electron chi connectivity index (χ4n) is 3.70. The molecule has 0 spiro atoms. The molecule has 0 bridgehead atoms. The summed E-state index contributed by atoms with van der Waals surface area (Å²) in [5.41, 5.74) is -2.64. The monoisotopic (exact) mass is 601 g/mol. The quantitative estimate of drug-likeness (QED) is 0.230. The summed E-state index contributed by atoms with van der Waals surface area (Å²) in [5, 5.41) is 1.81. The van der Waals surface area contributed by atoms with E-state index < -0.39 is 41.3 Å². The van der Waals surface area contributed by atoms with Crippen LogP contribution in [-0.2, 0) is 11.0 Å². The summed E-state index contributed by atoms with van der Waals surface area (Å²) in [6.45, 7) is 5.17. The maximum Gasteiger partial charge on any atom is 0.417 e. The second kappa shape index (κ2) is 12.7. The van der Waals surface area contributed by atoms with Gasteiger partial charge in [0, 0.05) is 18.9 Å². The largest absolute Gasteiger partial charge is 0.417 e. The van der Waals surface area contributed by atoms with Gasteiger partial charge in [0.25, 0.3) is 5.91 Å². The lowest BCUT2D eigenvalue weighted by Crippen LogP contribution is -2.35. The SMILES string of the molecule is CC(C)CC(=O)C[C@@H](C)NC(=O)c1ccc(/C=C/C(c2cc(Cl)c(Cl)c(Cl)c2)C(F)(F)F)cc1C(F)(F)F. The molecule has 0 aliphatic rings. The molecule has 0 aliphatic carbocycles. The summed E-state index contributed by atoms with van der Waals surface area (Å²) >= 11 is 17.5. The topological polar surface area (TPSA) is 46.2 Å². The first-order valence-corrected chi connectivity index (χ1v) is 12.5. The van der Waals surface area contributed by atoms with Gasteiger partial charge in [-0.3, -0.25) is 9.59 Å². The smallest absolute Gasteiger partial charge is 0.349 e. The third-order valence-corrected chi connectivity index (χ3v) is 6.54. The molecule has 2 rings (SSSR count). The summed E-state index contributed by atoms with van der Waals surface area (Å²) in [5.74, 6) is -3.37. The maximum atomic E-state index is 13.8. The molecule has 0 aliphatic heterocycles. The van der Waals surface area contributed by atoms with Crippen molar-refractivity contribution >= 4 is 52.6 Å². The van der Waals surface area contributed by atoms with Crippen LogP contribution in [-0.4, -0.2) is 23.9 Å². The van der Waals surface area contributed by atoms with Crippen LogP contribution in [0.25, 0.3) is 6.08 Å². The molecule has 1 N–H and O–H groups in total. The fraction of sp³-hybridized carbons (Fsp3) is 0.385. The number of carbonyl (C=O) groups is 2. The predicted octanol–water partition coefficient (Wildman–Crippen LogP) is 9.15. The van der Waals surface area contributed by atoms with Crippen molar-refractivity contribution in [2.24, 2.45) is 5.92 Å². The van der Waals surface area contributed by atoms with Crippen LogP contribution < -0.4 is 5.32 Å². The lowest BCUT2D eigenvalue weighted by Gasteiger charge is -2.19. The van der Waals surface area contributed by atoms with E-state index in [9.17, 15) is 35.9 Å². The van der Waals surface area contributed by atoms with E-state index in [0.29, 0.717) is 12.1 Å². The second-order valence-corrected chi connectivity index (χ2v) is 10.4. The number of ketones is 1. The van der Waals surface area contributed by atoms with Crippen LogP contribution in [0.4, 0.5) is 26.3 Å². The number of halogens is 9. The van der Waals surface area contributed by atoms with Crippen molar-refractivity contribution in [3.8, 4) is 0 Å². The van der Waals surface area contributed by atoms with Crippen LogP contribution in [0.5, 0.6) is 0 Å². The standard InChI is InChI=1S/C26H24Cl3F6NO2/c1-13(2)8-17(37)9-14(3)36-24(38)18-6-4-15(10-20(18)26(33,34)35)5-7-19(25(30,31)32)16-11-21(27)23(29)22(28)12-16/h4-7,10-14,19H,8-9H2,1-3H3,(H,36,38)/b7-5+/t14-,19?/m1/s1. The first kappa shape index (κ1) is 32.0. The summed E-state index contributed by atoms with van der Waals surface area (Å²) in [7, 11) is 0. The van der Waals surface area contributed by atoms with E-state index in [1.165, 1.54) is 6.92 Å². The van der Waals surface area contributed by atoms with Crippen LogP contribution in [0.2, 0.25) is 15.1 Å². The molecular formula is C26H24Cl3F6NO2. The van der Waals surface area contributed by atoms with E-state index in [1.807, 2.05) is 13.8 Å². The van der Waals surface area contributed by atoms with Gasteiger partial charge in [0.05, 0.1) is 32.1 Å². The summed E-state index contributed by atoms with van der Waals surface area (Å²) in [6, 6.07) is 3.76. The molecule has 2 aromatic carbocycles. The highest BCUT2D eigenvalue weighted by Gasteiger charge is 2.40. The van der Waals surface area contributed by atoms with Crippen molar-refractivity contribution < 1.29 is 35.9 Å². The van der Waals surface area contributed by atoms with E-state index in [2.05, 4.69) is 5.32 Å². The van der Waals surface area contributed by atoms with E-state index >= 15 is 0 Å². The molecule has 1 amide bonds. The van der Waals surface area contributed by atoms with Crippen LogP contribution in [0.15, 0.2) is 36.4 Å². The number of nitrogens with one attached hydrogen (secondary N) is 1. The first-order valence-electron chi connectivity index (χ1n) is 11.3. The average molecular weight is 603 g/mol. The number of hydrogen-bond donors (Lipinski definition) is 1. The second-order valence-electron chi connectivity index (χ2n) is 9.19. The molecule has 12 heteroatoms. The Morgan fingerprint density at radius 2 is 1.50 bits per heavy atom. The molecule has 2 aromatic rings. The van der Waals surface area contributed by atoms with Crippen molar-refractivity contribution in [1.82, 2.24) is 5.32 Å². The molecule has 0 fully saturated rings. The Labute approximate surface area is 231 Å². The average Bonchev–Trinajstić information content (AvgIpc) is 2.75. The number of rotatable bonds is 9. The van der Waals surface area contributed by atoms with Gasteiger partial charge in [0.15, 0.2) is 0 Å². The number of allylic oxidation sites excluding steroid dienone is 1. The number of hydrogen-bond acceptors (Lipinski definition) is 2. The predicted molar refractivity (Wildman–Crippen MR) is 137 cm³/mol. The van der Waals surface area contributed by atoms with E-state index in [-0.39, 0.29) is 50.7 Å². The summed E-state index contributed by atoms with van der Waals surface area (Å²) in [6.07, 6.45) is -8.07. The van der Waals surface area contributed by atoms with E-state index in [4.69, 9.17) is 34.8 Å². The zero-order chi connectivity index (χ0) is 29.0. The molecule has 2 atom stereocenters. The van der Waals surface area contributed by atoms with Gasteiger partial charge in [-0.15, -0.1) is 0 Å². The molecule has 3 nitrogen and oxygen atoms in total. The summed E-state index contributed by atoms with van der Waals surface area (Å²) in [4.78, 5) is 24.6. The zero-order valence-electron chi connectivity index (χ0n) is 20.4. The highest BCUT2D eigenvalue weighted by Crippen LogP contribution is 2.41. The van der Waals surface area contributed by atoms with E-state index in [0.717, 1.165) is 30.3 Å². The minimum atomic E-state index is -4.98. The highest BCUT2D eigenvalue weighted by molar-refractivity contribution is 6.48. The Hall–Kier alpha value is -2.23. The molecule has 0 saturated carbocycles. The van der Waals surface area contributed by atoms with Crippen molar-refractivity contribution in [2.75, 3.05) is 0 Å². The zero-order valence-corrected chi connectivity index (χ0v) is 22.7. The van der Waals surface area contributed by atoms with Gasteiger partial charge < -0.3 is 5.32 Å². The highest BCUT2D eigenvalue weighted by atomic mass is 35.5. The lowest BCUT2D eigenvalue weighted by molar-refractivity contribution is -0.139. The molecule has 0 saturated heterocycles. The third kappa shape index (κ3) is 8.92. The first-order chi connectivity index (χ1) is 17.4. The van der Waals surface area contributed by atoms with Gasteiger partial charge >= 0.3 is 12.4 Å². The Bertz CT molecular complexity index is 1190. The Kier molecular flexibility index (Phi) is 10.7. The maximum absolute atomic E-state index is 13.8. The normalized spacial score (nSPS) is 14.1. The minimum absolute atomic E-state index is 0.0519. The molecule has 208 valence electrons. The number of benzene rings is 2. The van der Waals surface area contributed by atoms with Gasteiger partial charge in [-0.2, -0.15) is 26.3 Å². The van der Waals surface area contributed by atoms with Crippen LogP contribution in [0, 0.1) is 5.92 Å². The Balaban J connectivity index is 2.37. The van der Waals surface area contributed by atoms with Crippen molar-refractivity contribution in [2.45, 2.75) is 57.9 Å². The van der Waals surface area contributed by atoms with Gasteiger partial charge in [0.1, 0.15) is 5.78 Å². The van der Waals surface area contributed by atoms with Crippen molar-refractivity contribution in [3.63, 3.8) is 0 Å². The minimum Gasteiger partial charge on any atom is -0.349 e. The molecule has 38 heavy (non-hydrogen) atoms. The van der Waals surface area contributed by atoms with Crippen molar-refractivity contribution in [1.29, 1.82) is 0 Å². The molecule has 0 heterocycles. The molecular weight excluding hydrogens is 579 g/mol. The van der Waals surface area contributed by atoms with Crippen LogP contribution in [0.3, 0.4) is 0 Å². The van der Waals surface area contributed by atoms with Gasteiger partial charge in [0.2, 0.25) is 0 Å². The van der Waals surface area contributed by atoms with Gasteiger partial charge in [-0.25, -0.2) is 0 Å². The third-order valence-electron chi connectivity index (χ3n) is 5.34. The van der Waals surface area contributed by atoms with Crippen molar-refractivity contribution in [3.05, 3.63) is 73.7 Å². The molecule has 1 unspecified atom stereocenters. The van der Waals surface area contributed by atoms with E-state index in [1.54, 1.807) is 0 Å². The number of amides is 1. The molecule has 0 aromatic heterocycles. The fourth-order valence-corrected chi connectivity index (χ4v) is 4.32. The molecule has 0 radical (unpaired) electrons. The van der Waals surface area contributed by atoms with Gasteiger partial charge in [-0.05, 0) is 48.2 Å². The number of carbonyl (C=O) groups excluding carboxylic acids is 2. The number of alkyl halides is 6. The van der Waals surface area contributed by atoms with Crippen LogP contribution >= 0.6 is 34.8 Å². The number of Topliss-reactive ketones (excluding diaryl/α,β-unsaturated/α-hetero) is 1. The summed E-state index contributed by atoms with van der Waals surface area (Å²) < 4.78 is 82.6. The van der Waals surface area contributed by atoms with Crippen LogP contribution in [0.1, 0.15) is 66.6 Å². The Morgan fingerprint density at radius 3 is 2.00 bits per heavy atom. The lowest BCUT2D eigenvalue weighted by atomic mass is 9.96.